The highest BCUT2D eigenvalue weighted by Crippen LogP contribution is 2.39. The van der Waals surface area contributed by atoms with Gasteiger partial charge in [0.15, 0.2) is 0 Å². The zero-order valence-electron chi connectivity index (χ0n) is 12.6. The Bertz CT molecular complexity index is 414. The number of nitrogens with zero attached hydrogens (tertiary/aromatic N) is 2. The summed E-state index contributed by atoms with van der Waals surface area (Å²) >= 11 is 0. The largest absolute Gasteiger partial charge is 0.356 e. The maximum absolute atomic E-state index is 5.90. The molecule has 0 saturated carbocycles. The molecule has 1 aliphatic heterocycles. The zero-order valence-corrected chi connectivity index (χ0v) is 12.6. The van der Waals surface area contributed by atoms with Crippen LogP contribution in [0.25, 0.3) is 0 Å². The minimum atomic E-state index is 0.559. The Morgan fingerprint density at radius 3 is 2.42 bits per heavy atom. The molecule has 1 aromatic heterocycles. The summed E-state index contributed by atoms with van der Waals surface area (Å²) < 4.78 is 0. The van der Waals surface area contributed by atoms with Crippen LogP contribution in [0.1, 0.15) is 50.7 Å². The van der Waals surface area contributed by atoms with E-state index in [0.29, 0.717) is 12.0 Å². The molecule has 106 valence electrons. The Morgan fingerprint density at radius 2 is 1.89 bits per heavy atom. The predicted octanol–water partition coefficient (Wildman–Crippen LogP) is 3.26. The topological polar surface area (TPSA) is 42.2 Å². The van der Waals surface area contributed by atoms with Crippen molar-refractivity contribution in [2.45, 2.75) is 53.0 Å². The third-order valence-electron chi connectivity index (χ3n) is 5.10. The van der Waals surface area contributed by atoms with Crippen LogP contribution in [0, 0.1) is 12.3 Å². The predicted molar refractivity (Wildman–Crippen MR) is 81.3 cm³/mol. The second-order valence-electron chi connectivity index (χ2n) is 5.83. The number of aryl methyl sites for hydroxylation is 1. The van der Waals surface area contributed by atoms with Gasteiger partial charge in [-0.1, -0.05) is 26.7 Å². The minimum absolute atomic E-state index is 0.559. The molecule has 0 radical (unpaired) electrons. The minimum Gasteiger partial charge on any atom is -0.356 e. The van der Waals surface area contributed by atoms with Crippen LogP contribution in [0.2, 0.25) is 0 Å². The average molecular weight is 261 g/mol. The molecule has 1 fully saturated rings. The van der Waals surface area contributed by atoms with Crippen molar-refractivity contribution >= 4 is 5.82 Å². The number of anilines is 1. The summed E-state index contributed by atoms with van der Waals surface area (Å²) in [7, 11) is 0. The summed E-state index contributed by atoms with van der Waals surface area (Å²) in [5, 5.41) is 0. The Labute approximate surface area is 117 Å². The van der Waals surface area contributed by atoms with Gasteiger partial charge < -0.3 is 10.6 Å². The van der Waals surface area contributed by atoms with Gasteiger partial charge in [0.05, 0.1) is 0 Å². The van der Waals surface area contributed by atoms with Crippen molar-refractivity contribution in [3.63, 3.8) is 0 Å². The lowest BCUT2D eigenvalue weighted by molar-refractivity contribution is 0.199. The average Bonchev–Trinajstić information content (AvgIpc) is 2.47. The van der Waals surface area contributed by atoms with Crippen molar-refractivity contribution in [3.8, 4) is 0 Å². The van der Waals surface area contributed by atoms with E-state index in [-0.39, 0.29) is 0 Å². The van der Waals surface area contributed by atoms with Gasteiger partial charge in [0.2, 0.25) is 0 Å². The maximum atomic E-state index is 5.90. The Balaban J connectivity index is 2.16. The number of pyridine rings is 1. The number of piperidine rings is 1. The zero-order chi connectivity index (χ0) is 13.9. The third kappa shape index (κ3) is 2.76. The van der Waals surface area contributed by atoms with Crippen LogP contribution in [-0.4, -0.2) is 18.1 Å². The van der Waals surface area contributed by atoms with Crippen LogP contribution in [0.5, 0.6) is 0 Å². The monoisotopic (exact) mass is 261 g/mol. The summed E-state index contributed by atoms with van der Waals surface area (Å²) in [4.78, 5) is 7.01. The molecule has 2 rings (SSSR count). The van der Waals surface area contributed by atoms with Gasteiger partial charge >= 0.3 is 0 Å². The molecular formula is C16H27N3. The van der Waals surface area contributed by atoms with Gasteiger partial charge in [-0.2, -0.15) is 0 Å². The van der Waals surface area contributed by atoms with Gasteiger partial charge in [-0.15, -0.1) is 0 Å². The highest BCUT2D eigenvalue weighted by molar-refractivity contribution is 5.50. The first-order chi connectivity index (χ1) is 9.15. The van der Waals surface area contributed by atoms with E-state index in [0.717, 1.165) is 18.9 Å². The molecule has 1 aliphatic rings. The Morgan fingerprint density at radius 1 is 1.26 bits per heavy atom. The smallest absolute Gasteiger partial charge is 0.133 e. The fourth-order valence-electron chi connectivity index (χ4n) is 3.25. The van der Waals surface area contributed by atoms with Crippen molar-refractivity contribution in [2.75, 3.05) is 18.0 Å². The lowest BCUT2D eigenvalue weighted by atomic mass is 9.74. The van der Waals surface area contributed by atoms with Gasteiger partial charge in [-0.3, -0.25) is 0 Å². The van der Waals surface area contributed by atoms with Gasteiger partial charge in [-0.25, -0.2) is 4.98 Å². The molecular weight excluding hydrogens is 234 g/mol. The lowest BCUT2D eigenvalue weighted by Crippen LogP contribution is -2.40. The van der Waals surface area contributed by atoms with Crippen LogP contribution in [0.15, 0.2) is 12.3 Å². The molecule has 19 heavy (non-hydrogen) atoms. The molecule has 3 nitrogen and oxygen atoms in total. The van der Waals surface area contributed by atoms with Crippen molar-refractivity contribution in [2.24, 2.45) is 11.1 Å². The fraction of sp³-hybridized carbons (Fsp3) is 0.688. The standard InChI is InChI=1S/C16H27N3/c1-4-16(5-2)7-10-19(11-8-16)15-14(12-17)13(3)6-9-18-15/h6,9H,4-5,7-8,10-12,17H2,1-3H3. The van der Waals surface area contributed by atoms with E-state index in [4.69, 9.17) is 5.73 Å². The molecule has 0 amide bonds. The van der Waals surface area contributed by atoms with E-state index < -0.39 is 0 Å². The number of nitrogens with two attached hydrogens (primary N) is 1. The van der Waals surface area contributed by atoms with E-state index in [1.807, 2.05) is 6.20 Å². The van der Waals surface area contributed by atoms with Gasteiger partial charge in [-0.05, 0) is 36.8 Å². The van der Waals surface area contributed by atoms with Crippen LogP contribution >= 0.6 is 0 Å². The van der Waals surface area contributed by atoms with E-state index in [1.165, 1.54) is 36.8 Å². The Hall–Kier alpha value is -1.09. The second-order valence-corrected chi connectivity index (χ2v) is 5.83. The summed E-state index contributed by atoms with van der Waals surface area (Å²) in [5.41, 5.74) is 8.93. The normalized spacial score (nSPS) is 18.6. The summed E-state index contributed by atoms with van der Waals surface area (Å²) in [6.07, 6.45) is 7.05. The number of aromatic nitrogens is 1. The van der Waals surface area contributed by atoms with Gasteiger partial charge in [0, 0.05) is 31.4 Å². The van der Waals surface area contributed by atoms with Crippen LogP contribution in [-0.2, 0) is 6.54 Å². The summed E-state index contributed by atoms with van der Waals surface area (Å²) in [6, 6.07) is 2.05. The Kier molecular flexibility index (Phi) is 4.46. The molecule has 2 heterocycles. The van der Waals surface area contributed by atoms with Crippen LogP contribution in [0.3, 0.4) is 0 Å². The molecule has 1 saturated heterocycles. The molecule has 0 aliphatic carbocycles. The number of hydrogen-bond acceptors (Lipinski definition) is 3. The SMILES string of the molecule is CCC1(CC)CCN(c2nccc(C)c2CN)CC1. The third-order valence-corrected chi connectivity index (χ3v) is 5.10. The van der Waals surface area contributed by atoms with Crippen molar-refractivity contribution in [1.82, 2.24) is 4.98 Å². The maximum Gasteiger partial charge on any atom is 0.133 e. The summed E-state index contributed by atoms with van der Waals surface area (Å²) in [6.45, 7) is 9.60. The van der Waals surface area contributed by atoms with Crippen molar-refractivity contribution in [1.29, 1.82) is 0 Å². The van der Waals surface area contributed by atoms with E-state index in [1.54, 1.807) is 0 Å². The number of hydrogen-bond donors (Lipinski definition) is 1. The molecule has 0 atom stereocenters. The fourth-order valence-corrected chi connectivity index (χ4v) is 3.25. The quantitative estimate of drug-likeness (QED) is 0.904. The molecule has 0 aromatic carbocycles. The first kappa shape index (κ1) is 14.3. The molecule has 2 N–H and O–H groups in total. The van der Waals surface area contributed by atoms with Crippen molar-refractivity contribution < 1.29 is 0 Å². The molecule has 0 unspecified atom stereocenters. The first-order valence-corrected chi connectivity index (χ1v) is 7.55. The van der Waals surface area contributed by atoms with E-state index >= 15 is 0 Å². The van der Waals surface area contributed by atoms with E-state index in [9.17, 15) is 0 Å². The highest BCUT2D eigenvalue weighted by atomic mass is 15.2. The molecule has 0 bridgehead atoms. The molecule has 1 aromatic rings. The summed E-state index contributed by atoms with van der Waals surface area (Å²) in [5.74, 6) is 1.11. The van der Waals surface area contributed by atoms with Crippen LogP contribution in [0.4, 0.5) is 5.82 Å². The highest BCUT2D eigenvalue weighted by Gasteiger charge is 2.32. The van der Waals surface area contributed by atoms with Crippen LogP contribution < -0.4 is 10.6 Å². The van der Waals surface area contributed by atoms with Gasteiger partial charge in [0.1, 0.15) is 5.82 Å². The molecule has 3 heteroatoms. The lowest BCUT2D eigenvalue weighted by Gasteiger charge is -2.42. The van der Waals surface area contributed by atoms with Crippen molar-refractivity contribution in [3.05, 3.63) is 23.4 Å². The second kappa shape index (κ2) is 5.91. The number of rotatable bonds is 4. The van der Waals surface area contributed by atoms with Gasteiger partial charge in [0.25, 0.3) is 0 Å². The first-order valence-electron chi connectivity index (χ1n) is 7.55. The van der Waals surface area contributed by atoms with E-state index in [2.05, 4.69) is 36.7 Å². The molecule has 0 spiro atoms.